The monoisotopic (exact) mass is 391 g/mol. The summed E-state index contributed by atoms with van der Waals surface area (Å²) in [5, 5.41) is 3.06. The third kappa shape index (κ3) is 4.60. The van der Waals surface area contributed by atoms with Crippen molar-refractivity contribution in [3.63, 3.8) is 0 Å². The highest BCUT2D eigenvalue weighted by atomic mass is 32.2. The van der Waals surface area contributed by atoms with E-state index in [1.165, 1.54) is 10.5 Å². The normalized spacial score (nSPS) is 13.3. The summed E-state index contributed by atoms with van der Waals surface area (Å²) in [6.45, 7) is 1.44. The smallest absolute Gasteiger partial charge is 0.322 e. The van der Waals surface area contributed by atoms with Crippen LogP contribution in [0.1, 0.15) is 24.1 Å². The first-order valence-electron chi connectivity index (χ1n) is 9.62. The van der Waals surface area contributed by atoms with Crippen molar-refractivity contribution in [2.45, 2.75) is 36.9 Å². The van der Waals surface area contributed by atoms with Crippen LogP contribution < -0.4 is 5.32 Å². The molecule has 2 aromatic carbocycles. The molecular weight excluding hydrogens is 366 g/mol. The summed E-state index contributed by atoms with van der Waals surface area (Å²) in [5.41, 5.74) is 3.26. The van der Waals surface area contributed by atoms with Crippen LogP contribution in [-0.2, 0) is 13.1 Å². The Kier molecular flexibility index (Phi) is 5.72. The lowest BCUT2D eigenvalue weighted by atomic mass is 10.2. The van der Waals surface area contributed by atoms with Gasteiger partial charge in [-0.1, -0.05) is 30.3 Å². The molecule has 0 spiro atoms. The van der Waals surface area contributed by atoms with Gasteiger partial charge < -0.3 is 14.8 Å². The van der Waals surface area contributed by atoms with Gasteiger partial charge in [0.2, 0.25) is 0 Å². The van der Waals surface area contributed by atoms with Gasteiger partial charge in [-0.05, 0) is 61.1 Å². The fourth-order valence-corrected chi connectivity index (χ4v) is 3.73. The second-order valence-corrected chi connectivity index (χ2v) is 8.01. The first kappa shape index (κ1) is 18.7. The van der Waals surface area contributed by atoms with Crippen molar-refractivity contribution in [2.75, 3.05) is 11.6 Å². The van der Waals surface area contributed by atoms with E-state index >= 15 is 0 Å². The topological polar surface area (TPSA) is 37.3 Å². The molecule has 0 atom stereocenters. The Morgan fingerprint density at radius 1 is 1.07 bits per heavy atom. The first-order chi connectivity index (χ1) is 13.7. The predicted octanol–water partition coefficient (Wildman–Crippen LogP) is 5.45. The van der Waals surface area contributed by atoms with Gasteiger partial charge in [0, 0.05) is 35.1 Å². The highest BCUT2D eigenvalue weighted by Gasteiger charge is 2.33. The van der Waals surface area contributed by atoms with Crippen molar-refractivity contribution in [1.29, 1.82) is 0 Å². The van der Waals surface area contributed by atoms with E-state index in [2.05, 4.69) is 52.5 Å². The number of carbonyl (C=O) groups is 1. The second-order valence-electron chi connectivity index (χ2n) is 7.13. The fraction of sp³-hybridized carbons (Fsp3) is 0.261. The molecule has 5 heteroatoms. The number of rotatable bonds is 7. The molecule has 1 aliphatic rings. The van der Waals surface area contributed by atoms with Crippen molar-refractivity contribution in [1.82, 2.24) is 9.47 Å². The first-order valence-corrected chi connectivity index (χ1v) is 10.8. The summed E-state index contributed by atoms with van der Waals surface area (Å²) in [4.78, 5) is 16.1. The largest absolute Gasteiger partial charge is 0.345 e. The van der Waals surface area contributed by atoms with Crippen molar-refractivity contribution >= 4 is 23.5 Å². The van der Waals surface area contributed by atoms with E-state index in [9.17, 15) is 4.79 Å². The zero-order chi connectivity index (χ0) is 19.3. The lowest BCUT2D eigenvalue weighted by Gasteiger charge is -2.24. The van der Waals surface area contributed by atoms with Gasteiger partial charge >= 0.3 is 6.03 Å². The van der Waals surface area contributed by atoms with E-state index < -0.39 is 0 Å². The molecule has 28 heavy (non-hydrogen) atoms. The van der Waals surface area contributed by atoms with Crippen LogP contribution in [0.3, 0.4) is 0 Å². The van der Waals surface area contributed by atoms with E-state index in [0.29, 0.717) is 12.6 Å². The molecule has 0 bridgehead atoms. The maximum Gasteiger partial charge on any atom is 0.322 e. The number of nitrogens with zero attached hydrogens (tertiary/aromatic N) is 2. The van der Waals surface area contributed by atoms with Gasteiger partial charge in [0.05, 0.1) is 6.54 Å². The van der Waals surface area contributed by atoms with Crippen molar-refractivity contribution < 1.29 is 4.79 Å². The minimum atomic E-state index is -0.0214. The second kappa shape index (κ2) is 8.57. The Bertz CT molecular complexity index is 917. The number of hydrogen-bond acceptors (Lipinski definition) is 2. The Labute approximate surface area is 170 Å². The van der Waals surface area contributed by atoms with Gasteiger partial charge in [0.25, 0.3) is 0 Å². The van der Waals surface area contributed by atoms with Crippen LogP contribution in [0.4, 0.5) is 10.5 Å². The molecule has 0 saturated heterocycles. The molecule has 3 aromatic rings. The van der Waals surface area contributed by atoms with Crippen LogP contribution in [0.2, 0.25) is 0 Å². The SMILES string of the molecule is CSc1ccc(NC(=O)N(Cc2cccn2Cc2ccccc2)C2CC2)cc1. The Morgan fingerprint density at radius 3 is 2.50 bits per heavy atom. The summed E-state index contributed by atoms with van der Waals surface area (Å²) >= 11 is 1.70. The van der Waals surface area contributed by atoms with Crippen molar-refractivity contribution in [3.8, 4) is 0 Å². The van der Waals surface area contributed by atoms with Gasteiger partial charge in [-0.2, -0.15) is 0 Å². The lowest BCUT2D eigenvalue weighted by molar-refractivity contribution is 0.204. The van der Waals surface area contributed by atoms with Gasteiger partial charge in [0.15, 0.2) is 0 Å². The quantitative estimate of drug-likeness (QED) is 0.544. The molecule has 144 valence electrons. The molecule has 4 rings (SSSR count). The van der Waals surface area contributed by atoms with E-state index in [4.69, 9.17) is 0 Å². The molecule has 1 aliphatic carbocycles. The summed E-state index contributed by atoms with van der Waals surface area (Å²) in [6.07, 6.45) is 6.30. The average molecular weight is 392 g/mol. The zero-order valence-electron chi connectivity index (χ0n) is 16.0. The Hall–Kier alpha value is -2.66. The Balaban J connectivity index is 1.45. The molecule has 2 amide bonds. The molecule has 0 unspecified atom stereocenters. The molecule has 1 N–H and O–H groups in total. The number of benzene rings is 2. The number of urea groups is 1. The van der Waals surface area contributed by atoms with E-state index in [-0.39, 0.29) is 6.03 Å². The summed E-state index contributed by atoms with van der Waals surface area (Å²) < 4.78 is 2.23. The molecule has 0 radical (unpaired) electrons. The van der Waals surface area contributed by atoms with Crippen LogP contribution in [0.5, 0.6) is 0 Å². The van der Waals surface area contributed by atoms with Crippen LogP contribution in [0.25, 0.3) is 0 Å². The van der Waals surface area contributed by atoms with Crippen molar-refractivity contribution in [2.24, 2.45) is 0 Å². The standard InChI is InChI=1S/C23H25N3OS/c1-28-22-13-9-19(10-14-22)24-23(27)26(20-11-12-20)17-21-8-5-15-25(21)16-18-6-3-2-4-7-18/h2-10,13-15,20H,11-12,16-17H2,1H3,(H,24,27). The molecule has 1 aromatic heterocycles. The van der Waals surface area contributed by atoms with Crippen LogP contribution in [0.15, 0.2) is 77.8 Å². The maximum atomic E-state index is 12.9. The number of thioether (sulfide) groups is 1. The molecule has 1 heterocycles. The van der Waals surface area contributed by atoms with Gasteiger partial charge in [-0.3, -0.25) is 0 Å². The zero-order valence-corrected chi connectivity index (χ0v) is 16.9. The van der Waals surface area contributed by atoms with Crippen molar-refractivity contribution in [3.05, 3.63) is 84.2 Å². The fourth-order valence-electron chi connectivity index (χ4n) is 3.32. The predicted molar refractivity (Wildman–Crippen MR) is 116 cm³/mol. The third-order valence-electron chi connectivity index (χ3n) is 5.04. The number of hydrogen-bond donors (Lipinski definition) is 1. The molecule has 0 aliphatic heterocycles. The van der Waals surface area contributed by atoms with Crippen LogP contribution in [-0.4, -0.2) is 27.8 Å². The van der Waals surface area contributed by atoms with Gasteiger partial charge in [0.1, 0.15) is 0 Å². The van der Waals surface area contributed by atoms with Crippen LogP contribution >= 0.6 is 11.8 Å². The minimum Gasteiger partial charge on any atom is -0.345 e. The lowest BCUT2D eigenvalue weighted by Crippen LogP contribution is -2.36. The van der Waals surface area contributed by atoms with E-state index in [1.807, 2.05) is 41.5 Å². The molecule has 1 saturated carbocycles. The van der Waals surface area contributed by atoms with E-state index in [1.54, 1.807) is 11.8 Å². The van der Waals surface area contributed by atoms with E-state index in [0.717, 1.165) is 30.8 Å². The summed E-state index contributed by atoms with van der Waals surface area (Å²) in [7, 11) is 0. The Morgan fingerprint density at radius 2 is 1.82 bits per heavy atom. The number of amides is 2. The maximum absolute atomic E-state index is 12.9. The minimum absolute atomic E-state index is 0.0214. The highest BCUT2D eigenvalue weighted by molar-refractivity contribution is 7.98. The molecule has 1 fully saturated rings. The third-order valence-corrected chi connectivity index (χ3v) is 5.78. The summed E-state index contributed by atoms with van der Waals surface area (Å²) in [6, 6.07) is 22.9. The summed E-state index contributed by atoms with van der Waals surface area (Å²) in [5.74, 6) is 0. The number of anilines is 1. The highest BCUT2D eigenvalue weighted by Crippen LogP contribution is 2.29. The molecule has 4 nitrogen and oxygen atoms in total. The molecular formula is C23H25N3OS. The van der Waals surface area contributed by atoms with Crippen LogP contribution in [0, 0.1) is 0 Å². The van der Waals surface area contributed by atoms with Gasteiger partial charge in [-0.25, -0.2) is 4.79 Å². The van der Waals surface area contributed by atoms with Gasteiger partial charge in [-0.15, -0.1) is 11.8 Å². The number of aromatic nitrogens is 1. The number of nitrogens with one attached hydrogen (secondary N) is 1. The average Bonchev–Trinajstić information content (AvgIpc) is 3.48. The number of carbonyl (C=O) groups excluding carboxylic acids is 1.